The number of amides is 1. The van der Waals surface area contributed by atoms with Gasteiger partial charge in [0.05, 0.1) is 18.1 Å². The summed E-state index contributed by atoms with van der Waals surface area (Å²) in [5.41, 5.74) is 7.25. The quantitative estimate of drug-likeness (QED) is 0.663. The number of anilines is 1. The van der Waals surface area contributed by atoms with Gasteiger partial charge in [0.2, 0.25) is 0 Å². The topological polar surface area (TPSA) is 97.7 Å². The highest BCUT2D eigenvalue weighted by atomic mass is 19.1. The van der Waals surface area contributed by atoms with Crippen LogP contribution in [0.25, 0.3) is 5.65 Å². The van der Waals surface area contributed by atoms with Crippen molar-refractivity contribution in [3.05, 3.63) is 47.3 Å². The van der Waals surface area contributed by atoms with Crippen LogP contribution in [0.4, 0.5) is 10.2 Å². The lowest BCUT2D eigenvalue weighted by Gasteiger charge is -2.08. The number of fused-ring (bicyclic) bond motifs is 1. The van der Waals surface area contributed by atoms with Gasteiger partial charge in [-0.3, -0.25) is 9.79 Å². The predicted octanol–water partition coefficient (Wildman–Crippen LogP) is 1.69. The van der Waals surface area contributed by atoms with Crippen molar-refractivity contribution < 1.29 is 9.18 Å². The smallest absolute Gasteiger partial charge is 0.263 e. The fraction of sp³-hybridized carbons (Fsp3) is 0.143. The molecule has 3 N–H and O–H groups in total. The van der Waals surface area contributed by atoms with Crippen molar-refractivity contribution >= 4 is 24.1 Å². The summed E-state index contributed by atoms with van der Waals surface area (Å²) in [6.07, 6.45) is 5.31. The highest BCUT2D eigenvalue weighted by molar-refractivity contribution is 6.05. The molecule has 8 heteroatoms. The van der Waals surface area contributed by atoms with Crippen molar-refractivity contribution in [1.29, 1.82) is 0 Å². The SMILES string of the molecule is C=N/C=C(NC(=O)c1c(N)nn2cc(F)cnc12)\C(C)=C/C. The summed E-state index contributed by atoms with van der Waals surface area (Å²) < 4.78 is 14.3. The molecule has 2 aromatic rings. The molecule has 0 atom stereocenters. The molecule has 0 aliphatic heterocycles. The minimum atomic E-state index is -0.580. The normalized spacial score (nSPS) is 12.5. The van der Waals surface area contributed by atoms with E-state index in [4.69, 9.17) is 5.73 Å². The van der Waals surface area contributed by atoms with Crippen molar-refractivity contribution in [2.24, 2.45) is 4.99 Å². The van der Waals surface area contributed by atoms with Crippen LogP contribution in [0, 0.1) is 5.82 Å². The van der Waals surface area contributed by atoms with Gasteiger partial charge in [0, 0.05) is 6.20 Å². The molecule has 114 valence electrons. The zero-order valence-electron chi connectivity index (χ0n) is 12.2. The molecule has 2 aromatic heterocycles. The largest absolute Gasteiger partial charge is 0.381 e. The molecular formula is C14H15FN6O. The number of hydrogen-bond acceptors (Lipinski definition) is 5. The second-order valence-corrected chi connectivity index (χ2v) is 4.45. The van der Waals surface area contributed by atoms with Gasteiger partial charge in [-0.1, -0.05) is 6.08 Å². The molecule has 0 radical (unpaired) electrons. The average Bonchev–Trinajstić information content (AvgIpc) is 2.80. The minimum Gasteiger partial charge on any atom is -0.381 e. The number of rotatable bonds is 4. The third-order valence-electron chi connectivity index (χ3n) is 3.02. The van der Waals surface area contributed by atoms with E-state index in [9.17, 15) is 9.18 Å². The van der Waals surface area contributed by atoms with Gasteiger partial charge in [-0.05, 0) is 26.1 Å². The number of nitrogens with one attached hydrogen (secondary N) is 1. The van der Waals surface area contributed by atoms with Crippen molar-refractivity contribution in [1.82, 2.24) is 19.9 Å². The second-order valence-electron chi connectivity index (χ2n) is 4.45. The van der Waals surface area contributed by atoms with E-state index in [2.05, 4.69) is 27.1 Å². The van der Waals surface area contributed by atoms with Gasteiger partial charge in [-0.15, -0.1) is 5.10 Å². The molecule has 0 saturated carbocycles. The van der Waals surface area contributed by atoms with E-state index in [0.717, 1.165) is 22.5 Å². The van der Waals surface area contributed by atoms with E-state index >= 15 is 0 Å². The average molecular weight is 302 g/mol. The second kappa shape index (κ2) is 6.17. The molecule has 0 fully saturated rings. The number of halogens is 1. The molecule has 0 aromatic carbocycles. The summed E-state index contributed by atoms with van der Waals surface area (Å²) in [4.78, 5) is 19.9. The number of nitrogen functional groups attached to an aromatic ring is 1. The fourth-order valence-electron chi connectivity index (χ4n) is 1.81. The molecule has 0 unspecified atom stereocenters. The minimum absolute atomic E-state index is 0.0420. The monoisotopic (exact) mass is 302 g/mol. The van der Waals surface area contributed by atoms with Crippen LogP contribution in [0.1, 0.15) is 24.2 Å². The van der Waals surface area contributed by atoms with Crippen LogP contribution in [-0.4, -0.2) is 27.2 Å². The summed E-state index contributed by atoms with van der Waals surface area (Å²) in [6, 6.07) is 0. The molecule has 7 nitrogen and oxygen atoms in total. The highest BCUT2D eigenvalue weighted by Crippen LogP contribution is 2.17. The molecular weight excluding hydrogens is 287 g/mol. The van der Waals surface area contributed by atoms with E-state index in [1.54, 1.807) is 0 Å². The summed E-state index contributed by atoms with van der Waals surface area (Å²) in [5.74, 6) is -1.13. The van der Waals surface area contributed by atoms with Crippen LogP contribution >= 0.6 is 0 Å². The number of aromatic nitrogens is 3. The first-order valence-corrected chi connectivity index (χ1v) is 6.38. The zero-order chi connectivity index (χ0) is 16.3. The number of hydrogen-bond donors (Lipinski definition) is 2. The molecule has 2 rings (SSSR count). The Bertz CT molecular complexity index is 805. The summed E-state index contributed by atoms with van der Waals surface area (Å²) in [6.45, 7) is 7.00. The van der Waals surface area contributed by atoms with Crippen LogP contribution in [0.15, 0.2) is 40.9 Å². The lowest BCUT2D eigenvalue weighted by molar-refractivity contribution is 0.0968. The Morgan fingerprint density at radius 1 is 1.59 bits per heavy atom. The molecule has 0 aliphatic rings. The van der Waals surface area contributed by atoms with Crippen LogP contribution in [0.3, 0.4) is 0 Å². The first kappa shape index (κ1) is 15.4. The van der Waals surface area contributed by atoms with Gasteiger partial charge in [-0.25, -0.2) is 13.9 Å². The third-order valence-corrected chi connectivity index (χ3v) is 3.02. The van der Waals surface area contributed by atoms with Crippen LogP contribution < -0.4 is 11.1 Å². The molecule has 1 amide bonds. The first-order valence-electron chi connectivity index (χ1n) is 6.38. The molecule has 0 spiro atoms. The predicted molar refractivity (Wildman–Crippen MR) is 81.9 cm³/mol. The van der Waals surface area contributed by atoms with Gasteiger partial charge in [0.25, 0.3) is 5.91 Å². The lowest BCUT2D eigenvalue weighted by atomic mass is 10.2. The van der Waals surface area contributed by atoms with Gasteiger partial charge < -0.3 is 11.1 Å². The number of allylic oxidation sites excluding steroid dienone is 2. The van der Waals surface area contributed by atoms with E-state index in [-0.39, 0.29) is 17.0 Å². The molecule has 22 heavy (non-hydrogen) atoms. The van der Waals surface area contributed by atoms with Gasteiger partial charge in [-0.2, -0.15) is 0 Å². The lowest BCUT2D eigenvalue weighted by Crippen LogP contribution is -2.24. The molecule has 0 aliphatic carbocycles. The van der Waals surface area contributed by atoms with Gasteiger partial charge >= 0.3 is 0 Å². The van der Waals surface area contributed by atoms with E-state index in [1.165, 1.54) is 6.20 Å². The number of aliphatic imine (C=N–C) groups is 1. The van der Waals surface area contributed by atoms with Crippen LogP contribution in [0.2, 0.25) is 0 Å². The fourth-order valence-corrected chi connectivity index (χ4v) is 1.81. The summed E-state index contributed by atoms with van der Waals surface area (Å²) >= 11 is 0. The Kier molecular flexibility index (Phi) is 4.31. The van der Waals surface area contributed by atoms with Crippen LogP contribution in [-0.2, 0) is 0 Å². The maximum Gasteiger partial charge on any atom is 0.263 e. The van der Waals surface area contributed by atoms with Crippen LogP contribution in [0.5, 0.6) is 0 Å². The maximum atomic E-state index is 13.1. The van der Waals surface area contributed by atoms with Crippen molar-refractivity contribution in [3.63, 3.8) is 0 Å². The third kappa shape index (κ3) is 2.85. The Balaban J connectivity index is 2.43. The maximum absolute atomic E-state index is 13.1. The standard InChI is InChI=1S/C14H15FN6O/c1-4-8(2)10(6-17-3)19-14(22)11-12(16)20-21-7-9(15)5-18-13(11)21/h4-7H,3H2,1-2H3,(H2,16,20)(H,19,22)/b8-4-,10-6+. The highest BCUT2D eigenvalue weighted by Gasteiger charge is 2.20. The Hall–Kier alpha value is -3.03. The van der Waals surface area contributed by atoms with Crippen molar-refractivity contribution in [3.8, 4) is 0 Å². The first-order chi connectivity index (χ1) is 10.5. The van der Waals surface area contributed by atoms with Crippen molar-refractivity contribution in [2.75, 3.05) is 5.73 Å². The number of carbonyl (C=O) groups excluding carboxylic acids is 1. The van der Waals surface area contributed by atoms with Gasteiger partial charge in [0.15, 0.2) is 17.3 Å². The van der Waals surface area contributed by atoms with E-state index in [0.29, 0.717) is 5.70 Å². The Morgan fingerprint density at radius 3 is 2.95 bits per heavy atom. The Labute approximate surface area is 126 Å². The number of nitrogens with zero attached hydrogens (tertiary/aromatic N) is 4. The molecule has 0 bridgehead atoms. The Morgan fingerprint density at radius 2 is 2.32 bits per heavy atom. The summed E-state index contributed by atoms with van der Waals surface area (Å²) in [7, 11) is 0. The van der Waals surface area contributed by atoms with Crippen molar-refractivity contribution in [2.45, 2.75) is 13.8 Å². The number of nitrogens with two attached hydrogens (primary N) is 1. The number of carbonyl (C=O) groups is 1. The van der Waals surface area contributed by atoms with E-state index in [1.807, 2.05) is 19.9 Å². The summed E-state index contributed by atoms with van der Waals surface area (Å²) in [5, 5.41) is 6.55. The van der Waals surface area contributed by atoms with E-state index < -0.39 is 11.7 Å². The zero-order valence-corrected chi connectivity index (χ0v) is 12.2. The molecule has 0 saturated heterocycles. The van der Waals surface area contributed by atoms with Gasteiger partial charge in [0.1, 0.15) is 5.56 Å². The molecule has 2 heterocycles.